The molecule has 0 spiro atoms. The van der Waals surface area contributed by atoms with Crippen molar-refractivity contribution in [3.05, 3.63) is 23.8 Å². The molecule has 0 aliphatic rings. The SMILES string of the molecule is COc1cccc(C(=O)OCC(=O)NC(C)C(C)C)c1OC. The Bertz CT molecular complexity index is 527. The largest absolute Gasteiger partial charge is 0.493 e. The molecule has 1 aromatic rings. The predicted molar refractivity (Wildman–Crippen MR) is 82.3 cm³/mol. The van der Waals surface area contributed by atoms with Gasteiger partial charge in [0.2, 0.25) is 0 Å². The van der Waals surface area contributed by atoms with Crippen LogP contribution in [0.1, 0.15) is 31.1 Å². The molecule has 122 valence electrons. The number of nitrogens with one attached hydrogen (secondary N) is 1. The first-order valence-corrected chi connectivity index (χ1v) is 7.08. The van der Waals surface area contributed by atoms with E-state index < -0.39 is 5.97 Å². The number of rotatable bonds is 7. The summed E-state index contributed by atoms with van der Waals surface area (Å²) in [5.74, 6) is 0.0402. The molecule has 0 fully saturated rings. The van der Waals surface area contributed by atoms with Gasteiger partial charge in [-0.3, -0.25) is 4.79 Å². The Morgan fingerprint density at radius 2 is 1.82 bits per heavy atom. The van der Waals surface area contributed by atoms with Crippen LogP contribution in [0.4, 0.5) is 0 Å². The number of esters is 1. The van der Waals surface area contributed by atoms with E-state index in [0.717, 1.165) is 0 Å². The van der Waals surface area contributed by atoms with Crippen LogP contribution in [0.5, 0.6) is 11.5 Å². The Balaban J connectivity index is 2.68. The van der Waals surface area contributed by atoms with Gasteiger partial charge < -0.3 is 19.5 Å². The summed E-state index contributed by atoms with van der Waals surface area (Å²) in [7, 11) is 2.92. The zero-order chi connectivity index (χ0) is 16.7. The summed E-state index contributed by atoms with van der Waals surface area (Å²) in [6.07, 6.45) is 0. The Hall–Kier alpha value is -2.24. The summed E-state index contributed by atoms with van der Waals surface area (Å²) in [4.78, 5) is 23.8. The minimum Gasteiger partial charge on any atom is -0.493 e. The maximum Gasteiger partial charge on any atom is 0.342 e. The predicted octanol–water partition coefficient (Wildman–Crippen LogP) is 2.02. The van der Waals surface area contributed by atoms with Crippen molar-refractivity contribution < 1.29 is 23.8 Å². The van der Waals surface area contributed by atoms with Crippen molar-refractivity contribution in [1.29, 1.82) is 0 Å². The molecule has 0 saturated heterocycles. The lowest BCUT2D eigenvalue weighted by Crippen LogP contribution is -2.38. The van der Waals surface area contributed by atoms with Crippen molar-refractivity contribution in [1.82, 2.24) is 5.32 Å². The van der Waals surface area contributed by atoms with E-state index in [9.17, 15) is 9.59 Å². The van der Waals surface area contributed by atoms with Gasteiger partial charge in [0, 0.05) is 6.04 Å². The molecule has 1 amide bonds. The Labute approximate surface area is 130 Å². The minimum absolute atomic E-state index is 0.0116. The second-order valence-electron chi connectivity index (χ2n) is 5.22. The maximum absolute atomic E-state index is 12.1. The second kappa shape index (κ2) is 8.26. The van der Waals surface area contributed by atoms with Gasteiger partial charge in [0.15, 0.2) is 18.1 Å². The highest BCUT2D eigenvalue weighted by Crippen LogP contribution is 2.30. The molecule has 0 heterocycles. The fourth-order valence-electron chi connectivity index (χ4n) is 1.72. The molecule has 6 heteroatoms. The van der Waals surface area contributed by atoms with Gasteiger partial charge in [0.05, 0.1) is 14.2 Å². The Morgan fingerprint density at radius 3 is 2.36 bits per heavy atom. The topological polar surface area (TPSA) is 73.9 Å². The smallest absolute Gasteiger partial charge is 0.342 e. The van der Waals surface area contributed by atoms with Crippen LogP contribution in [0.2, 0.25) is 0 Å². The second-order valence-corrected chi connectivity index (χ2v) is 5.22. The number of amides is 1. The number of carbonyl (C=O) groups is 2. The molecule has 1 rings (SSSR count). The van der Waals surface area contributed by atoms with Crippen molar-refractivity contribution in [2.45, 2.75) is 26.8 Å². The first-order chi connectivity index (χ1) is 10.4. The molecule has 0 radical (unpaired) electrons. The fourth-order valence-corrected chi connectivity index (χ4v) is 1.72. The number of benzene rings is 1. The van der Waals surface area contributed by atoms with Crippen molar-refractivity contribution in [3.63, 3.8) is 0 Å². The standard InChI is InChI=1S/C16H23NO5/c1-10(2)11(3)17-14(18)9-22-16(19)12-7-6-8-13(20-4)15(12)21-5/h6-8,10-11H,9H2,1-5H3,(H,17,18). The van der Waals surface area contributed by atoms with Crippen LogP contribution in [-0.4, -0.2) is 38.7 Å². The van der Waals surface area contributed by atoms with E-state index in [-0.39, 0.29) is 29.9 Å². The molecule has 1 atom stereocenters. The summed E-state index contributed by atoms with van der Waals surface area (Å²) >= 11 is 0. The van der Waals surface area contributed by atoms with Crippen LogP contribution in [0.25, 0.3) is 0 Å². The van der Waals surface area contributed by atoms with Crippen LogP contribution in [0.15, 0.2) is 18.2 Å². The van der Waals surface area contributed by atoms with Gasteiger partial charge in [-0.25, -0.2) is 4.79 Å². The first-order valence-electron chi connectivity index (χ1n) is 7.08. The molecular weight excluding hydrogens is 286 g/mol. The quantitative estimate of drug-likeness (QED) is 0.780. The summed E-state index contributed by atoms with van der Waals surface area (Å²) in [5, 5.41) is 2.77. The first kappa shape index (κ1) is 17.8. The number of para-hydroxylation sites is 1. The highest BCUT2D eigenvalue weighted by molar-refractivity contribution is 5.94. The summed E-state index contributed by atoms with van der Waals surface area (Å²) < 4.78 is 15.3. The zero-order valence-electron chi connectivity index (χ0n) is 13.6. The van der Waals surface area contributed by atoms with Crippen LogP contribution in [-0.2, 0) is 9.53 Å². The third-order valence-corrected chi connectivity index (χ3v) is 3.35. The van der Waals surface area contributed by atoms with E-state index in [1.807, 2.05) is 20.8 Å². The average molecular weight is 309 g/mol. The lowest BCUT2D eigenvalue weighted by molar-refractivity contribution is -0.125. The fraction of sp³-hybridized carbons (Fsp3) is 0.500. The van der Waals surface area contributed by atoms with Crippen molar-refractivity contribution in [2.75, 3.05) is 20.8 Å². The van der Waals surface area contributed by atoms with Crippen LogP contribution < -0.4 is 14.8 Å². The lowest BCUT2D eigenvalue weighted by atomic mass is 10.1. The van der Waals surface area contributed by atoms with Crippen molar-refractivity contribution >= 4 is 11.9 Å². The minimum atomic E-state index is -0.636. The van der Waals surface area contributed by atoms with Gasteiger partial charge in [0.1, 0.15) is 5.56 Å². The Kier molecular flexibility index (Phi) is 6.69. The Morgan fingerprint density at radius 1 is 1.14 bits per heavy atom. The number of carbonyl (C=O) groups excluding carboxylic acids is 2. The molecule has 0 aliphatic carbocycles. The summed E-state index contributed by atoms with van der Waals surface area (Å²) in [6.45, 7) is 5.56. The van der Waals surface area contributed by atoms with E-state index in [0.29, 0.717) is 11.7 Å². The molecular formula is C16H23NO5. The average Bonchev–Trinajstić information content (AvgIpc) is 2.51. The van der Waals surface area contributed by atoms with Gasteiger partial charge in [-0.15, -0.1) is 0 Å². The molecule has 1 aromatic carbocycles. The van der Waals surface area contributed by atoms with Crippen LogP contribution >= 0.6 is 0 Å². The molecule has 22 heavy (non-hydrogen) atoms. The van der Waals surface area contributed by atoms with E-state index in [1.165, 1.54) is 14.2 Å². The molecule has 1 unspecified atom stereocenters. The van der Waals surface area contributed by atoms with Crippen molar-refractivity contribution in [2.24, 2.45) is 5.92 Å². The van der Waals surface area contributed by atoms with Crippen LogP contribution in [0.3, 0.4) is 0 Å². The molecule has 0 aromatic heterocycles. The summed E-state index contributed by atoms with van der Waals surface area (Å²) in [5.41, 5.74) is 0.214. The number of hydrogen-bond acceptors (Lipinski definition) is 5. The normalized spacial score (nSPS) is 11.7. The monoisotopic (exact) mass is 309 g/mol. The maximum atomic E-state index is 12.1. The van der Waals surface area contributed by atoms with Gasteiger partial charge in [-0.05, 0) is 25.0 Å². The lowest BCUT2D eigenvalue weighted by Gasteiger charge is -2.17. The third-order valence-electron chi connectivity index (χ3n) is 3.35. The van der Waals surface area contributed by atoms with Gasteiger partial charge in [-0.1, -0.05) is 19.9 Å². The van der Waals surface area contributed by atoms with Gasteiger partial charge >= 0.3 is 5.97 Å². The van der Waals surface area contributed by atoms with Crippen molar-refractivity contribution in [3.8, 4) is 11.5 Å². The van der Waals surface area contributed by atoms with E-state index in [2.05, 4.69) is 5.32 Å². The number of hydrogen-bond donors (Lipinski definition) is 1. The molecule has 1 N–H and O–H groups in total. The van der Waals surface area contributed by atoms with Crippen LogP contribution in [0, 0.1) is 5.92 Å². The van der Waals surface area contributed by atoms with E-state index in [4.69, 9.17) is 14.2 Å². The number of methoxy groups -OCH3 is 2. The van der Waals surface area contributed by atoms with Gasteiger partial charge in [-0.2, -0.15) is 0 Å². The number of ether oxygens (including phenoxy) is 3. The zero-order valence-corrected chi connectivity index (χ0v) is 13.6. The third kappa shape index (κ3) is 4.65. The molecule has 6 nitrogen and oxygen atoms in total. The van der Waals surface area contributed by atoms with Gasteiger partial charge in [0.25, 0.3) is 5.91 Å². The van der Waals surface area contributed by atoms with E-state index in [1.54, 1.807) is 18.2 Å². The highest BCUT2D eigenvalue weighted by atomic mass is 16.5. The molecule has 0 bridgehead atoms. The molecule has 0 aliphatic heterocycles. The summed E-state index contributed by atoms with van der Waals surface area (Å²) in [6, 6.07) is 4.89. The molecule has 0 saturated carbocycles. The van der Waals surface area contributed by atoms with E-state index >= 15 is 0 Å². The highest BCUT2D eigenvalue weighted by Gasteiger charge is 2.19.